The third-order valence-electron chi connectivity index (χ3n) is 1.27. The maximum absolute atomic E-state index is 10.6. The molecule has 1 aromatic heterocycles. The quantitative estimate of drug-likeness (QED) is 0.400. The van der Waals surface area contributed by atoms with E-state index in [1.165, 1.54) is 18.5 Å². The molecule has 6 heteroatoms. The number of hydrogen-bond donors (Lipinski definition) is 2. The molecule has 2 N–H and O–H groups in total. The Hall–Kier alpha value is -2.24. The number of carbonyl (C=O) groups is 2. The van der Waals surface area contributed by atoms with Crippen molar-refractivity contribution in [1.82, 2.24) is 9.97 Å². The van der Waals surface area contributed by atoms with Gasteiger partial charge in [0, 0.05) is 18.5 Å². The van der Waals surface area contributed by atoms with E-state index in [0.29, 0.717) is 6.08 Å². The number of carboxylic acid groups (broad SMARTS) is 1. The molecular weight excluding hydrogens is 188 g/mol. The highest BCUT2D eigenvalue weighted by molar-refractivity contribution is 6.38. The molecule has 0 saturated carbocycles. The van der Waals surface area contributed by atoms with Crippen molar-refractivity contribution in [3.05, 3.63) is 30.4 Å². The lowest BCUT2D eigenvalue weighted by Crippen LogP contribution is -2.10. The fourth-order valence-corrected chi connectivity index (χ4v) is 0.682. The summed E-state index contributed by atoms with van der Waals surface area (Å²) in [7, 11) is 0. The fraction of sp³-hybridized carbons (Fsp3) is 0. The predicted molar refractivity (Wildman–Crippen MR) is 45.3 cm³/mol. The van der Waals surface area contributed by atoms with Gasteiger partial charge in [-0.25, -0.2) is 14.8 Å². The third kappa shape index (κ3) is 2.37. The molecule has 0 saturated heterocycles. The minimum absolute atomic E-state index is 0.0953. The summed E-state index contributed by atoms with van der Waals surface area (Å²) in [6, 6.07) is 1.52. The van der Waals surface area contributed by atoms with Crippen LogP contribution in [0.2, 0.25) is 0 Å². The summed E-state index contributed by atoms with van der Waals surface area (Å²) in [5, 5.41) is 17.4. The van der Waals surface area contributed by atoms with Crippen LogP contribution in [0.25, 0.3) is 5.76 Å². The molecule has 0 radical (unpaired) electrons. The average Bonchev–Trinajstić information content (AvgIpc) is 2.19. The molecule has 1 rings (SSSR count). The van der Waals surface area contributed by atoms with E-state index in [9.17, 15) is 14.7 Å². The summed E-state index contributed by atoms with van der Waals surface area (Å²) in [6.07, 6.45) is 3.27. The fourth-order valence-electron chi connectivity index (χ4n) is 0.682. The number of carboxylic acids is 1. The molecule has 0 atom stereocenters. The lowest BCUT2D eigenvalue weighted by molar-refractivity contribution is -0.146. The van der Waals surface area contributed by atoms with E-state index in [2.05, 4.69) is 9.97 Å². The van der Waals surface area contributed by atoms with Gasteiger partial charge in [0.05, 0.1) is 0 Å². The normalized spacial score (nSPS) is 11.0. The highest BCUT2D eigenvalue weighted by Crippen LogP contribution is 2.02. The van der Waals surface area contributed by atoms with Crippen LogP contribution < -0.4 is 0 Å². The summed E-state index contributed by atoms with van der Waals surface area (Å²) in [6.45, 7) is 0. The van der Waals surface area contributed by atoms with Gasteiger partial charge in [-0.1, -0.05) is 0 Å². The number of aliphatic carboxylic acids is 1. The maximum atomic E-state index is 10.6. The molecule has 0 fully saturated rings. The Morgan fingerprint density at radius 3 is 2.29 bits per heavy atom. The Morgan fingerprint density at radius 1 is 1.21 bits per heavy atom. The van der Waals surface area contributed by atoms with Crippen molar-refractivity contribution >= 4 is 17.5 Å². The van der Waals surface area contributed by atoms with Gasteiger partial charge >= 0.3 is 5.97 Å². The van der Waals surface area contributed by atoms with Gasteiger partial charge in [-0.3, -0.25) is 4.79 Å². The summed E-state index contributed by atoms with van der Waals surface area (Å²) >= 11 is 0. The highest BCUT2D eigenvalue weighted by atomic mass is 16.4. The minimum atomic E-state index is -1.65. The SMILES string of the molecule is O=C(O)C(=O)/C=C(\O)c1ncccn1. The zero-order valence-corrected chi connectivity index (χ0v) is 6.91. The molecular formula is C8H6N2O4. The summed E-state index contributed by atoms with van der Waals surface area (Å²) in [5.74, 6) is -3.54. The first-order valence-corrected chi connectivity index (χ1v) is 3.56. The first-order valence-electron chi connectivity index (χ1n) is 3.56. The van der Waals surface area contributed by atoms with Crippen LogP contribution in [0.1, 0.15) is 5.82 Å². The Balaban J connectivity index is 2.91. The molecule has 72 valence electrons. The standard InChI is InChI=1S/C8H6N2O4/c11-5(4-6(12)8(13)14)7-9-2-1-3-10-7/h1-4,11H,(H,13,14)/b5-4-. The highest BCUT2D eigenvalue weighted by Gasteiger charge is 2.11. The van der Waals surface area contributed by atoms with Crippen LogP contribution in [-0.2, 0) is 9.59 Å². The number of aliphatic hydroxyl groups excluding tert-OH is 1. The molecule has 14 heavy (non-hydrogen) atoms. The smallest absolute Gasteiger partial charge is 0.376 e. The molecule has 0 aliphatic heterocycles. The van der Waals surface area contributed by atoms with Crippen molar-refractivity contribution < 1.29 is 19.8 Å². The van der Waals surface area contributed by atoms with Crippen LogP contribution in [0, 0.1) is 0 Å². The molecule has 6 nitrogen and oxygen atoms in total. The number of hydrogen-bond acceptors (Lipinski definition) is 5. The molecule has 0 bridgehead atoms. The molecule has 1 aromatic rings. The van der Waals surface area contributed by atoms with Gasteiger partial charge in [-0.05, 0) is 6.07 Å². The Labute approximate surface area is 78.6 Å². The molecule has 0 unspecified atom stereocenters. The zero-order chi connectivity index (χ0) is 10.6. The van der Waals surface area contributed by atoms with Crippen molar-refractivity contribution in [2.75, 3.05) is 0 Å². The summed E-state index contributed by atoms with van der Waals surface area (Å²) in [4.78, 5) is 28.0. The van der Waals surface area contributed by atoms with Crippen LogP contribution in [0.4, 0.5) is 0 Å². The van der Waals surface area contributed by atoms with Gasteiger partial charge < -0.3 is 10.2 Å². The van der Waals surface area contributed by atoms with E-state index in [1.54, 1.807) is 0 Å². The van der Waals surface area contributed by atoms with Crippen molar-refractivity contribution in [3.63, 3.8) is 0 Å². The maximum Gasteiger partial charge on any atom is 0.376 e. The Kier molecular flexibility index (Phi) is 2.90. The van der Waals surface area contributed by atoms with E-state index in [1.807, 2.05) is 0 Å². The van der Waals surface area contributed by atoms with Crippen LogP contribution >= 0.6 is 0 Å². The van der Waals surface area contributed by atoms with Crippen molar-refractivity contribution in [2.45, 2.75) is 0 Å². The number of carbonyl (C=O) groups excluding carboxylic acids is 1. The predicted octanol–water partition coefficient (Wildman–Crippen LogP) is 0.0292. The molecule has 0 amide bonds. The summed E-state index contributed by atoms with van der Waals surface area (Å²) < 4.78 is 0. The number of aliphatic hydroxyl groups is 1. The van der Waals surface area contributed by atoms with Crippen molar-refractivity contribution in [1.29, 1.82) is 0 Å². The van der Waals surface area contributed by atoms with E-state index in [4.69, 9.17) is 5.11 Å². The van der Waals surface area contributed by atoms with Crippen molar-refractivity contribution in [2.24, 2.45) is 0 Å². The largest absolute Gasteiger partial charge is 0.504 e. The van der Waals surface area contributed by atoms with E-state index in [0.717, 1.165) is 0 Å². The number of ketones is 1. The van der Waals surface area contributed by atoms with E-state index < -0.39 is 17.5 Å². The molecule has 0 aromatic carbocycles. The minimum Gasteiger partial charge on any atom is -0.504 e. The molecule has 0 aliphatic rings. The van der Waals surface area contributed by atoms with Crippen LogP contribution in [0.3, 0.4) is 0 Å². The third-order valence-corrected chi connectivity index (χ3v) is 1.27. The van der Waals surface area contributed by atoms with Crippen LogP contribution in [0.5, 0.6) is 0 Å². The first kappa shape index (κ1) is 9.85. The monoisotopic (exact) mass is 194 g/mol. The van der Waals surface area contributed by atoms with E-state index in [-0.39, 0.29) is 5.82 Å². The van der Waals surface area contributed by atoms with Crippen LogP contribution in [0.15, 0.2) is 24.5 Å². The van der Waals surface area contributed by atoms with Gasteiger partial charge in [0.25, 0.3) is 5.78 Å². The number of aromatic nitrogens is 2. The molecule has 1 heterocycles. The molecule has 0 aliphatic carbocycles. The Bertz CT molecular complexity index is 386. The lowest BCUT2D eigenvalue weighted by Gasteiger charge is -1.95. The zero-order valence-electron chi connectivity index (χ0n) is 6.91. The van der Waals surface area contributed by atoms with Gasteiger partial charge in [0.2, 0.25) is 0 Å². The first-order chi connectivity index (χ1) is 6.61. The molecule has 0 spiro atoms. The number of nitrogens with zero attached hydrogens (tertiary/aromatic N) is 2. The topological polar surface area (TPSA) is 100 Å². The average molecular weight is 194 g/mol. The van der Waals surface area contributed by atoms with E-state index >= 15 is 0 Å². The van der Waals surface area contributed by atoms with Crippen LogP contribution in [-0.4, -0.2) is 31.9 Å². The van der Waals surface area contributed by atoms with Gasteiger partial charge in [-0.2, -0.15) is 0 Å². The van der Waals surface area contributed by atoms with Gasteiger partial charge in [0.1, 0.15) is 0 Å². The van der Waals surface area contributed by atoms with Crippen molar-refractivity contribution in [3.8, 4) is 0 Å². The lowest BCUT2D eigenvalue weighted by atomic mass is 10.3. The van der Waals surface area contributed by atoms with Gasteiger partial charge in [-0.15, -0.1) is 0 Å². The van der Waals surface area contributed by atoms with Gasteiger partial charge in [0.15, 0.2) is 11.6 Å². The summed E-state index contributed by atoms with van der Waals surface area (Å²) in [5.41, 5.74) is 0. The Morgan fingerprint density at radius 2 is 1.79 bits per heavy atom. The second-order valence-electron chi connectivity index (χ2n) is 2.27. The second kappa shape index (κ2) is 4.13. The number of rotatable bonds is 3. The second-order valence-corrected chi connectivity index (χ2v) is 2.27.